The van der Waals surface area contributed by atoms with Crippen molar-refractivity contribution in [2.75, 3.05) is 19.8 Å². The second-order valence-electron chi connectivity index (χ2n) is 17.4. The van der Waals surface area contributed by atoms with E-state index in [4.69, 9.17) is 14.2 Å². The third-order valence-electron chi connectivity index (χ3n) is 11.3. The van der Waals surface area contributed by atoms with Gasteiger partial charge in [-0.1, -0.05) is 217 Å². The maximum atomic E-state index is 12.6. The molecule has 0 aromatic rings. The monoisotopic (exact) mass is 841 g/mol. The Labute approximate surface area is 373 Å². The van der Waals surface area contributed by atoms with Crippen LogP contribution in [0.4, 0.5) is 0 Å². The number of hydrogen-bond donors (Lipinski definition) is 0. The molecule has 0 aromatic heterocycles. The minimum Gasteiger partial charge on any atom is -0.462 e. The van der Waals surface area contributed by atoms with Crippen LogP contribution in [0.15, 0.2) is 48.6 Å². The fourth-order valence-corrected chi connectivity index (χ4v) is 7.39. The van der Waals surface area contributed by atoms with Crippen LogP contribution < -0.4 is 0 Å². The topological polar surface area (TPSA) is 61.8 Å². The summed E-state index contributed by atoms with van der Waals surface area (Å²) in [6.45, 7) is 7.74. The predicted molar refractivity (Wildman–Crippen MR) is 261 cm³/mol. The molecule has 0 radical (unpaired) electrons. The SMILES string of the molecule is CCCCC/C=C\C/C=C\C/C=C\CCCCCCCCC(=O)OCC(COCCCCCCCCCCCC/C=C\CCCCCCCC)OC(=O)CCCCCCC. The van der Waals surface area contributed by atoms with E-state index in [-0.39, 0.29) is 25.2 Å². The van der Waals surface area contributed by atoms with Crippen molar-refractivity contribution in [1.82, 2.24) is 0 Å². The molecule has 0 spiro atoms. The summed E-state index contributed by atoms with van der Waals surface area (Å²) >= 11 is 0. The average molecular weight is 841 g/mol. The molecule has 0 heterocycles. The summed E-state index contributed by atoms with van der Waals surface area (Å²) in [5.74, 6) is -0.417. The molecule has 0 aliphatic rings. The average Bonchev–Trinajstić information content (AvgIpc) is 3.25. The zero-order valence-electron chi connectivity index (χ0n) is 40.2. The van der Waals surface area contributed by atoms with Crippen LogP contribution in [0.3, 0.4) is 0 Å². The van der Waals surface area contributed by atoms with Gasteiger partial charge in [0.2, 0.25) is 0 Å². The normalized spacial score (nSPS) is 12.5. The Balaban J connectivity index is 4.01. The lowest BCUT2D eigenvalue weighted by atomic mass is 10.1. The maximum absolute atomic E-state index is 12.6. The highest BCUT2D eigenvalue weighted by Crippen LogP contribution is 2.14. The molecule has 0 aromatic carbocycles. The van der Waals surface area contributed by atoms with Gasteiger partial charge in [0, 0.05) is 19.4 Å². The highest BCUT2D eigenvalue weighted by atomic mass is 16.6. The van der Waals surface area contributed by atoms with E-state index >= 15 is 0 Å². The van der Waals surface area contributed by atoms with Gasteiger partial charge in [-0.3, -0.25) is 9.59 Å². The Hall–Kier alpha value is -2.14. The summed E-state index contributed by atoms with van der Waals surface area (Å²) < 4.78 is 17.3. The Morgan fingerprint density at radius 3 is 1.17 bits per heavy atom. The van der Waals surface area contributed by atoms with E-state index in [0.29, 0.717) is 19.4 Å². The first-order valence-electron chi connectivity index (χ1n) is 26.2. The molecule has 0 aliphatic heterocycles. The van der Waals surface area contributed by atoms with E-state index in [0.717, 1.165) is 70.6 Å². The molecule has 0 rings (SSSR count). The summed E-state index contributed by atoms with van der Waals surface area (Å²) in [6.07, 6.45) is 62.9. The minimum atomic E-state index is -0.537. The molecular weight excluding hydrogens is 741 g/mol. The Morgan fingerprint density at radius 2 is 0.700 bits per heavy atom. The van der Waals surface area contributed by atoms with E-state index in [1.807, 2.05) is 0 Å². The van der Waals surface area contributed by atoms with Gasteiger partial charge >= 0.3 is 11.9 Å². The molecule has 5 nitrogen and oxygen atoms in total. The van der Waals surface area contributed by atoms with Gasteiger partial charge in [0.15, 0.2) is 6.10 Å². The lowest BCUT2D eigenvalue weighted by Crippen LogP contribution is -2.30. The van der Waals surface area contributed by atoms with Gasteiger partial charge in [-0.25, -0.2) is 0 Å². The molecule has 0 saturated heterocycles. The molecule has 0 amide bonds. The lowest BCUT2D eigenvalue weighted by molar-refractivity contribution is -0.163. The van der Waals surface area contributed by atoms with Crippen LogP contribution in [0.5, 0.6) is 0 Å². The molecule has 0 bridgehead atoms. The lowest BCUT2D eigenvalue weighted by Gasteiger charge is -2.18. The summed E-state index contributed by atoms with van der Waals surface area (Å²) in [7, 11) is 0. The molecule has 1 unspecified atom stereocenters. The molecule has 0 N–H and O–H groups in total. The summed E-state index contributed by atoms with van der Waals surface area (Å²) in [6, 6.07) is 0. The van der Waals surface area contributed by atoms with Crippen molar-refractivity contribution in [3.63, 3.8) is 0 Å². The fourth-order valence-electron chi connectivity index (χ4n) is 7.39. The van der Waals surface area contributed by atoms with E-state index < -0.39 is 6.10 Å². The van der Waals surface area contributed by atoms with Crippen LogP contribution in [0.1, 0.15) is 265 Å². The van der Waals surface area contributed by atoms with E-state index in [2.05, 4.69) is 69.4 Å². The highest BCUT2D eigenvalue weighted by Gasteiger charge is 2.17. The highest BCUT2D eigenvalue weighted by molar-refractivity contribution is 5.70. The van der Waals surface area contributed by atoms with Crippen molar-refractivity contribution >= 4 is 11.9 Å². The number of hydrogen-bond acceptors (Lipinski definition) is 5. The van der Waals surface area contributed by atoms with Crippen molar-refractivity contribution < 1.29 is 23.8 Å². The van der Waals surface area contributed by atoms with E-state index in [1.54, 1.807) is 0 Å². The predicted octanol–water partition coefficient (Wildman–Crippen LogP) is 17.6. The number of unbranched alkanes of at least 4 members (excludes halogenated alkanes) is 29. The summed E-state index contributed by atoms with van der Waals surface area (Å²) in [5, 5.41) is 0. The molecule has 350 valence electrons. The van der Waals surface area contributed by atoms with Crippen molar-refractivity contribution in [2.45, 2.75) is 271 Å². The fraction of sp³-hybridized carbons (Fsp3) is 0.818. The molecule has 1 atom stereocenters. The van der Waals surface area contributed by atoms with Gasteiger partial charge in [0.05, 0.1) is 6.61 Å². The van der Waals surface area contributed by atoms with Crippen LogP contribution in [-0.4, -0.2) is 37.9 Å². The third kappa shape index (κ3) is 48.5. The number of carbonyl (C=O) groups is 2. The van der Waals surface area contributed by atoms with Crippen molar-refractivity contribution in [2.24, 2.45) is 0 Å². The summed E-state index contributed by atoms with van der Waals surface area (Å²) in [5.41, 5.74) is 0. The first kappa shape index (κ1) is 57.9. The van der Waals surface area contributed by atoms with E-state index in [1.165, 1.54) is 161 Å². The summed E-state index contributed by atoms with van der Waals surface area (Å²) in [4.78, 5) is 25.1. The van der Waals surface area contributed by atoms with Crippen molar-refractivity contribution in [3.05, 3.63) is 48.6 Å². The number of allylic oxidation sites excluding steroid dienone is 8. The van der Waals surface area contributed by atoms with Crippen molar-refractivity contribution in [3.8, 4) is 0 Å². The largest absolute Gasteiger partial charge is 0.462 e. The number of rotatable bonds is 48. The second kappa shape index (κ2) is 51.2. The number of ether oxygens (including phenoxy) is 3. The Morgan fingerprint density at radius 1 is 0.367 bits per heavy atom. The minimum absolute atomic E-state index is 0.0792. The van der Waals surface area contributed by atoms with Crippen LogP contribution in [0, 0.1) is 0 Å². The third-order valence-corrected chi connectivity index (χ3v) is 11.3. The van der Waals surface area contributed by atoms with Gasteiger partial charge in [-0.2, -0.15) is 0 Å². The van der Waals surface area contributed by atoms with Crippen LogP contribution in [-0.2, 0) is 23.8 Å². The van der Waals surface area contributed by atoms with E-state index in [9.17, 15) is 9.59 Å². The molecule has 60 heavy (non-hydrogen) atoms. The first-order chi connectivity index (χ1) is 29.6. The van der Waals surface area contributed by atoms with Crippen molar-refractivity contribution in [1.29, 1.82) is 0 Å². The second-order valence-corrected chi connectivity index (χ2v) is 17.4. The number of carbonyl (C=O) groups excluding carboxylic acids is 2. The quantitative estimate of drug-likeness (QED) is 0.0347. The van der Waals surface area contributed by atoms with Crippen LogP contribution >= 0.6 is 0 Å². The zero-order valence-corrected chi connectivity index (χ0v) is 40.2. The molecule has 0 fully saturated rings. The molecule has 0 aliphatic carbocycles. The first-order valence-corrected chi connectivity index (χ1v) is 26.2. The maximum Gasteiger partial charge on any atom is 0.306 e. The van der Waals surface area contributed by atoms with Crippen LogP contribution in [0.25, 0.3) is 0 Å². The standard InChI is InChI=1S/C55H100O5/c1-4-7-10-13-15-17-19-21-23-25-27-29-31-33-35-37-39-41-44-47-50-58-51-53(60-55(57)49-46-42-12-9-6-3)52-59-54(56)48-45-43-40-38-36-34-32-30-28-26-24-22-20-18-16-14-11-8-5-2/h16,18,21-24,28,30,53H,4-15,17,19-20,25-27,29,31-52H2,1-3H3/b18-16-,23-21-,24-22-,30-28-. The van der Waals surface area contributed by atoms with Gasteiger partial charge in [-0.05, 0) is 83.5 Å². The molecule has 0 saturated carbocycles. The Kier molecular flexibility index (Phi) is 49.4. The van der Waals surface area contributed by atoms with Gasteiger partial charge < -0.3 is 14.2 Å². The zero-order chi connectivity index (χ0) is 43.5. The molecule has 5 heteroatoms. The van der Waals surface area contributed by atoms with Gasteiger partial charge in [0.25, 0.3) is 0 Å². The van der Waals surface area contributed by atoms with Crippen LogP contribution in [0.2, 0.25) is 0 Å². The molecular formula is C55H100O5. The van der Waals surface area contributed by atoms with Gasteiger partial charge in [-0.15, -0.1) is 0 Å². The number of esters is 2. The Bertz CT molecular complexity index is 997. The van der Waals surface area contributed by atoms with Gasteiger partial charge in [0.1, 0.15) is 6.61 Å². The smallest absolute Gasteiger partial charge is 0.306 e.